The largest absolute Gasteiger partial charge is 0.463 e. The molecule has 0 aromatic heterocycles. The van der Waals surface area contributed by atoms with E-state index in [1.165, 1.54) is 13.0 Å². The van der Waals surface area contributed by atoms with Gasteiger partial charge in [0.15, 0.2) is 0 Å². The Labute approximate surface area is 135 Å². The Balaban J connectivity index is 2.97. The molecule has 0 aliphatic heterocycles. The van der Waals surface area contributed by atoms with Crippen LogP contribution in [0.1, 0.15) is 34.6 Å². The summed E-state index contributed by atoms with van der Waals surface area (Å²) in [6.07, 6.45) is 3.13. The van der Waals surface area contributed by atoms with E-state index in [1.807, 2.05) is 0 Å². The SMILES string of the molecule is CCOC(=O)C1=CC=C[C@H](OC(C)=O)[C@@H]1NC(=O)OC(C)(C)C. The molecule has 23 heavy (non-hydrogen) atoms. The van der Waals surface area contributed by atoms with Crippen molar-refractivity contribution in [3.05, 3.63) is 23.8 Å². The van der Waals surface area contributed by atoms with Crippen molar-refractivity contribution in [2.75, 3.05) is 6.61 Å². The molecule has 2 atom stereocenters. The second-order valence-corrected chi connectivity index (χ2v) is 5.93. The maximum atomic E-state index is 12.0. The van der Waals surface area contributed by atoms with E-state index in [4.69, 9.17) is 14.2 Å². The maximum absolute atomic E-state index is 12.0. The number of esters is 2. The van der Waals surface area contributed by atoms with E-state index >= 15 is 0 Å². The molecule has 0 unspecified atom stereocenters. The van der Waals surface area contributed by atoms with Crippen LogP contribution in [-0.2, 0) is 23.8 Å². The third kappa shape index (κ3) is 6.14. The van der Waals surface area contributed by atoms with Crippen LogP contribution in [0.2, 0.25) is 0 Å². The monoisotopic (exact) mass is 325 g/mol. The van der Waals surface area contributed by atoms with Gasteiger partial charge in [0.1, 0.15) is 17.7 Å². The van der Waals surface area contributed by atoms with Crippen molar-refractivity contribution in [3.63, 3.8) is 0 Å². The first kappa shape index (κ1) is 18.7. The molecule has 0 radical (unpaired) electrons. The fourth-order valence-corrected chi connectivity index (χ4v) is 1.96. The van der Waals surface area contributed by atoms with E-state index in [0.717, 1.165) is 0 Å². The number of hydrogen-bond donors (Lipinski definition) is 1. The lowest BCUT2D eigenvalue weighted by molar-refractivity contribution is -0.147. The Morgan fingerprint density at radius 2 is 1.91 bits per heavy atom. The van der Waals surface area contributed by atoms with Crippen molar-refractivity contribution < 1.29 is 28.6 Å². The van der Waals surface area contributed by atoms with Crippen LogP contribution in [0.3, 0.4) is 0 Å². The molecule has 0 aromatic rings. The summed E-state index contributed by atoms with van der Waals surface area (Å²) >= 11 is 0. The summed E-state index contributed by atoms with van der Waals surface area (Å²) in [7, 11) is 0. The Morgan fingerprint density at radius 1 is 1.26 bits per heavy atom. The van der Waals surface area contributed by atoms with E-state index in [1.54, 1.807) is 39.8 Å². The number of amides is 1. The Bertz CT molecular complexity index is 529. The van der Waals surface area contributed by atoms with Crippen molar-refractivity contribution in [3.8, 4) is 0 Å². The van der Waals surface area contributed by atoms with Gasteiger partial charge in [-0.1, -0.05) is 6.08 Å². The van der Waals surface area contributed by atoms with E-state index in [9.17, 15) is 14.4 Å². The minimum absolute atomic E-state index is 0.187. The van der Waals surface area contributed by atoms with Gasteiger partial charge in [0.25, 0.3) is 0 Å². The number of hydrogen-bond acceptors (Lipinski definition) is 6. The Kier molecular flexibility index (Phi) is 6.36. The highest BCUT2D eigenvalue weighted by Crippen LogP contribution is 2.19. The van der Waals surface area contributed by atoms with Gasteiger partial charge in [0.2, 0.25) is 0 Å². The minimum Gasteiger partial charge on any atom is -0.463 e. The molecule has 7 nitrogen and oxygen atoms in total. The van der Waals surface area contributed by atoms with Gasteiger partial charge in [-0.25, -0.2) is 9.59 Å². The molecule has 0 saturated carbocycles. The average Bonchev–Trinajstić information content (AvgIpc) is 2.38. The van der Waals surface area contributed by atoms with Crippen LogP contribution >= 0.6 is 0 Å². The average molecular weight is 325 g/mol. The number of carbonyl (C=O) groups excluding carboxylic acids is 3. The van der Waals surface area contributed by atoms with Gasteiger partial charge in [-0.2, -0.15) is 0 Å². The van der Waals surface area contributed by atoms with E-state index < -0.39 is 35.8 Å². The molecule has 1 aliphatic carbocycles. The predicted molar refractivity (Wildman–Crippen MR) is 82.6 cm³/mol. The zero-order chi connectivity index (χ0) is 17.6. The Morgan fingerprint density at radius 3 is 2.43 bits per heavy atom. The number of carbonyl (C=O) groups is 3. The molecule has 0 spiro atoms. The highest BCUT2D eigenvalue weighted by molar-refractivity contribution is 5.92. The van der Waals surface area contributed by atoms with E-state index in [2.05, 4.69) is 5.32 Å². The lowest BCUT2D eigenvalue weighted by Crippen LogP contribution is -2.49. The molecule has 1 amide bonds. The molecule has 1 rings (SSSR count). The standard InChI is InChI=1S/C16H23NO6/c1-6-21-14(19)11-8-7-9-12(22-10(2)18)13(11)17-15(20)23-16(3,4)5/h7-9,12-13H,6H2,1-5H3,(H,17,20)/t12-,13+/m0/s1. The first-order chi connectivity index (χ1) is 10.6. The summed E-state index contributed by atoms with van der Waals surface area (Å²) < 4.78 is 15.3. The summed E-state index contributed by atoms with van der Waals surface area (Å²) in [6.45, 7) is 8.28. The number of rotatable bonds is 4. The summed E-state index contributed by atoms with van der Waals surface area (Å²) in [5, 5.41) is 2.56. The van der Waals surface area contributed by atoms with Gasteiger partial charge in [-0.3, -0.25) is 4.79 Å². The molecular weight excluding hydrogens is 302 g/mol. The molecule has 128 valence electrons. The summed E-state index contributed by atoms with van der Waals surface area (Å²) in [4.78, 5) is 35.3. The highest BCUT2D eigenvalue weighted by atomic mass is 16.6. The van der Waals surface area contributed by atoms with Crippen LogP contribution < -0.4 is 5.32 Å². The zero-order valence-corrected chi connectivity index (χ0v) is 14.0. The second-order valence-electron chi connectivity index (χ2n) is 5.93. The van der Waals surface area contributed by atoms with E-state index in [0.29, 0.717) is 0 Å². The molecule has 1 aliphatic rings. The molecule has 0 aromatic carbocycles. The number of allylic oxidation sites excluding steroid dienone is 2. The second kappa shape index (κ2) is 7.80. The maximum Gasteiger partial charge on any atom is 0.408 e. The topological polar surface area (TPSA) is 90.9 Å². The fourth-order valence-electron chi connectivity index (χ4n) is 1.96. The van der Waals surface area contributed by atoms with E-state index in [-0.39, 0.29) is 12.2 Å². The van der Waals surface area contributed by atoms with Crippen LogP contribution in [0.4, 0.5) is 4.79 Å². The molecular formula is C16H23NO6. The Hall–Kier alpha value is -2.31. The minimum atomic E-state index is -0.877. The first-order valence-corrected chi connectivity index (χ1v) is 7.36. The lowest BCUT2D eigenvalue weighted by atomic mass is 9.96. The normalized spacial score (nSPS) is 20.3. The van der Waals surface area contributed by atoms with Crippen LogP contribution in [0.5, 0.6) is 0 Å². The smallest absolute Gasteiger partial charge is 0.408 e. The third-order valence-electron chi connectivity index (χ3n) is 2.73. The van der Waals surface area contributed by atoms with Crippen LogP contribution in [-0.4, -0.2) is 42.4 Å². The summed E-state index contributed by atoms with van der Waals surface area (Å²) in [5.41, 5.74) is -0.509. The van der Waals surface area contributed by atoms with Crippen molar-refractivity contribution in [1.29, 1.82) is 0 Å². The molecule has 7 heteroatoms. The molecule has 0 bridgehead atoms. The number of ether oxygens (including phenoxy) is 3. The summed E-state index contributed by atoms with van der Waals surface area (Å²) in [5.74, 6) is -1.11. The molecule has 0 saturated heterocycles. The van der Waals surface area contributed by atoms with Gasteiger partial charge in [0.05, 0.1) is 12.2 Å². The number of nitrogens with one attached hydrogen (secondary N) is 1. The molecule has 0 fully saturated rings. The van der Waals surface area contributed by atoms with Gasteiger partial charge in [-0.05, 0) is 39.8 Å². The van der Waals surface area contributed by atoms with Gasteiger partial charge in [0, 0.05) is 6.92 Å². The zero-order valence-electron chi connectivity index (χ0n) is 14.0. The lowest BCUT2D eigenvalue weighted by Gasteiger charge is -2.29. The predicted octanol–water partition coefficient (Wildman–Crippen LogP) is 1.87. The number of alkyl carbamates (subject to hydrolysis) is 1. The van der Waals surface area contributed by atoms with Gasteiger partial charge in [-0.15, -0.1) is 0 Å². The third-order valence-corrected chi connectivity index (χ3v) is 2.73. The van der Waals surface area contributed by atoms with Gasteiger partial charge < -0.3 is 19.5 Å². The van der Waals surface area contributed by atoms with Crippen molar-refractivity contribution in [2.24, 2.45) is 0 Å². The van der Waals surface area contributed by atoms with Crippen LogP contribution in [0.15, 0.2) is 23.8 Å². The van der Waals surface area contributed by atoms with Crippen molar-refractivity contribution >= 4 is 18.0 Å². The molecule has 0 heterocycles. The van der Waals surface area contributed by atoms with Crippen molar-refractivity contribution in [2.45, 2.75) is 52.4 Å². The summed E-state index contributed by atoms with van der Waals surface area (Å²) in [6, 6.07) is -0.877. The van der Waals surface area contributed by atoms with Gasteiger partial charge >= 0.3 is 18.0 Å². The highest BCUT2D eigenvalue weighted by Gasteiger charge is 2.34. The first-order valence-electron chi connectivity index (χ1n) is 7.36. The van der Waals surface area contributed by atoms with Crippen LogP contribution in [0.25, 0.3) is 0 Å². The van der Waals surface area contributed by atoms with Crippen LogP contribution in [0, 0.1) is 0 Å². The quantitative estimate of drug-likeness (QED) is 0.627. The molecule has 1 N–H and O–H groups in total. The fraction of sp³-hybridized carbons (Fsp3) is 0.562. The van der Waals surface area contributed by atoms with Crippen molar-refractivity contribution in [1.82, 2.24) is 5.32 Å².